The summed E-state index contributed by atoms with van der Waals surface area (Å²) in [4.78, 5) is 4.56. The first-order valence-electron chi connectivity index (χ1n) is 5.01. The minimum absolute atomic E-state index is 0.913. The lowest BCUT2D eigenvalue weighted by molar-refractivity contribution is 0.741. The van der Waals surface area contributed by atoms with E-state index >= 15 is 0 Å². The van der Waals surface area contributed by atoms with Crippen molar-refractivity contribution >= 4 is 17.3 Å². The Morgan fingerprint density at radius 2 is 2.27 bits per heavy atom. The van der Waals surface area contributed by atoms with Crippen molar-refractivity contribution in [2.75, 3.05) is 6.26 Å². The van der Waals surface area contributed by atoms with Gasteiger partial charge in [-0.25, -0.2) is 4.98 Å². The van der Waals surface area contributed by atoms with E-state index < -0.39 is 0 Å². The van der Waals surface area contributed by atoms with Crippen LogP contribution < -0.4 is 0 Å². The van der Waals surface area contributed by atoms with Crippen LogP contribution in [0, 0.1) is 6.92 Å². The summed E-state index contributed by atoms with van der Waals surface area (Å²) in [5.74, 6) is 1.09. The van der Waals surface area contributed by atoms with Crippen molar-refractivity contribution in [2.45, 2.75) is 31.8 Å². The second-order valence-corrected chi connectivity index (χ2v) is 4.19. The minimum Gasteiger partial charge on any atom is -0.272 e. The van der Waals surface area contributed by atoms with Gasteiger partial charge in [0.15, 0.2) is 5.16 Å². The van der Waals surface area contributed by atoms with Gasteiger partial charge in [0, 0.05) is 6.42 Å². The summed E-state index contributed by atoms with van der Waals surface area (Å²) in [5.41, 5.74) is 2.10. The topological polar surface area (TPSA) is 43.1 Å². The van der Waals surface area contributed by atoms with Gasteiger partial charge in [-0.2, -0.15) is 5.10 Å². The van der Waals surface area contributed by atoms with Crippen molar-refractivity contribution in [2.24, 2.45) is 0 Å². The first-order chi connectivity index (χ1) is 7.27. The van der Waals surface area contributed by atoms with E-state index in [4.69, 9.17) is 0 Å². The summed E-state index contributed by atoms with van der Waals surface area (Å²) in [7, 11) is 0. The molecule has 0 aliphatic rings. The third-order valence-electron chi connectivity index (χ3n) is 2.34. The Balaban J connectivity index is 2.70. The number of imidazole rings is 1. The average molecular weight is 222 g/mol. The van der Waals surface area contributed by atoms with Crippen LogP contribution in [-0.2, 0) is 6.42 Å². The van der Waals surface area contributed by atoms with Crippen molar-refractivity contribution in [3.8, 4) is 0 Å². The zero-order chi connectivity index (χ0) is 10.8. The van der Waals surface area contributed by atoms with Gasteiger partial charge in [0.05, 0.1) is 17.4 Å². The summed E-state index contributed by atoms with van der Waals surface area (Å²) in [6.45, 7) is 4.17. The fourth-order valence-electron chi connectivity index (χ4n) is 1.67. The lowest BCUT2D eigenvalue weighted by Crippen LogP contribution is -2.00. The van der Waals surface area contributed by atoms with Crippen molar-refractivity contribution < 1.29 is 0 Å². The molecule has 0 spiro atoms. The molecule has 15 heavy (non-hydrogen) atoms. The van der Waals surface area contributed by atoms with Crippen LogP contribution in [0.25, 0.3) is 5.52 Å². The summed E-state index contributed by atoms with van der Waals surface area (Å²) in [6.07, 6.45) is 5.86. The molecule has 0 aliphatic heterocycles. The quantitative estimate of drug-likeness (QED) is 0.746. The molecule has 0 atom stereocenters. The normalized spacial score (nSPS) is 11.1. The Kier molecular flexibility index (Phi) is 2.90. The Labute approximate surface area is 93.1 Å². The molecule has 0 N–H and O–H groups in total. The van der Waals surface area contributed by atoms with Gasteiger partial charge in [0.25, 0.3) is 0 Å². The van der Waals surface area contributed by atoms with Crippen LogP contribution in [-0.4, -0.2) is 25.8 Å². The first-order valence-corrected chi connectivity index (χ1v) is 6.24. The summed E-state index contributed by atoms with van der Waals surface area (Å²) >= 11 is 1.60. The van der Waals surface area contributed by atoms with Crippen LogP contribution in [0.3, 0.4) is 0 Å². The third-order valence-corrected chi connectivity index (χ3v) is 2.97. The number of aromatic nitrogens is 4. The zero-order valence-electron chi connectivity index (χ0n) is 9.19. The minimum atomic E-state index is 0.913. The van der Waals surface area contributed by atoms with E-state index in [0.717, 1.165) is 35.0 Å². The Morgan fingerprint density at radius 3 is 2.93 bits per heavy atom. The lowest BCUT2D eigenvalue weighted by atomic mass is 10.3. The number of aryl methyl sites for hydroxylation is 2. The molecule has 0 amide bonds. The van der Waals surface area contributed by atoms with Gasteiger partial charge >= 0.3 is 0 Å². The molecule has 80 valence electrons. The molecule has 2 heterocycles. The van der Waals surface area contributed by atoms with Crippen LogP contribution in [0.2, 0.25) is 0 Å². The number of rotatable bonds is 3. The molecule has 5 heteroatoms. The highest BCUT2D eigenvalue weighted by molar-refractivity contribution is 7.98. The van der Waals surface area contributed by atoms with Crippen molar-refractivity contribution in [3.05, 3.63) is 17.7 Å². The maximum atomic E-state index is 4.56. The number of hydrogen-bond donors (Lipinski definition) is 0. The highest BCUT2D eigenvalue weighted by Crippen LogP contribution is 2.19. The Bertz CT molecular complexity index is 477. The molecular weight excluding hydrogens is 208 g/mol. The van der Waals surface area contributed by atoms with Gasteiger partial charge in [0.2, 0.25) is 0 Å². The SMILES string of the molecule is CCCc1nc(C)c2cnnc(SC)n12. The van der Waals surface area contributed by atoms with Crippen molar-refractivity contribution in [3.63, 3.8) is 0 Å². The maximum absolute atomic E-state index is 4.56. The molecule has 0 unspecified atom stereocenters. The number of nitrogens with zero attached hydrogens (tertiary/aromatic N) is 4. The average Bonchev–Trinajstić information content (AvgIpc) is 2.57. The monoisotopic (exact) mass is 222 g/mol. The van der Waals surface area contributed by atoms with Crippen molar-refractivity contribution in [1.82, 2.24) is 19.6 Å². The van der Waals surface area contributed by atoms with Crippen LogP contribution >= 0.6 is 11.8 Å². The van der Waals surface area contributed by atoms with Gasteiger partial charge in [0.1, 0.15) is 5.82 Å². The van der Waals surface area contributed by atoms with E-state index in [-0.39, 0.29) is 0 Å². The van der Waals surface area contributed by atoms with Crippen LogP contribution in [0.5, 0.6) is 0 Å². The zero-order valence-corrected chi connectivity index (χ0v) is 10.0. The van der Waals surface area contributed by atoms with Gasteiger partial charge < -0.3 is 0 Å². The number of fused-ring (bicyclic) bond motifs is 1. The Morgan fingerprint density at radius 1 is 1.47 bits per heavy atom. The van der Waals surface area contributed by atoms with Gasteiger partial charge in [-0.05, 0) is 19.6 Å². The predicted octanol–water partition coefficient (Wildman–Crippen LogP) is 2.11. The fraction of sp³-hybridized carbons (Fsp3) is 0.500. The van der Waals surface area contributed by atoms with E-state index in [1.807, 2.05) is 13.2 Å². The smallest absolute Gasteiger partial charge is 0.195 e. The highest BCUT2D eigenvalue weighted by atomic mass is 32.2. The first kappa shape index (κ1) is 10.4. The second-order valence-electron chi connectivity index (χ2n) is 3.42. The van der Waals surface area contributed by atoms with E-state index in [1.165, 1.54) is 0 Å². The molecule has 2 rings (SSSR count). The van der Waals surface area contributed by atoms with Crippen LogP contribution in [0.1, 0.15) is 24.9 Å². The molecule has 2 aromatic rings. The third kappa shape index (κ3) is 1.71. The molecule has 0 aliphatic carbocycles. The molecule has 2 aromatic heterocycles. The summed E-state index contributed by atoms with van der Waals surface area (Å²) in [6, 6.07) is 0. The maximum Gasteiger partial charge on any atom is 0.195 e. The van der Waals surface area contributed by atoms with Crippen LogP contribution in [0.4, 0.5) is 0 Å². The molecule has 0 radical (unpaired) electrons. The molecule has 0 bridgehead atoms. The highest BCUT2D eigenvalue weighted by Gasteiger charge is 2.11. The van der Waals surface area contributed by atoms with E-state index in [0.29, 0.717) is 0 Å². The largest absolute Gasteiger partial charge is 0.272 e. The van der Waals surface area contributed by atoms with Gasteiger partial charge in [-0.3, -0.25) is 4.40 Å². The van der Waals surface area contributed by atoms with E-state index in [1.54, 1.807) is 18.0 Å². The van der Waals surface area contributed by atoms with E-state index in [9.17, 15) is 0 Å². The standard InChI is InChI=1S/C10H14N4S/c1-4-5-9-12-7(2)8-6-11-13-10(15-3)14(8)9/h6H,4-5H2,1-3H3. The Hall–Kier alpha value is -1.10. The van der Waals surface area contributed by atoms with Gasteiger partial charge in [-0.15, -0.1) is 5.10 Å². The summed E-state index contributed by atoms with van der Waals surface area (Å²) < 4.78 is 2.11. The van der Waals surface area contributed by atoms with Crippen molar-refractivity contribution in [1.29, 1.82) is 0 Å². The summed E-state index contributed by atoms with van der Waals surface area (Å²) in [5, 5.41) is 9.02. The molecule has 0 aromatic carbocycles. The van der Waals surface area contributed by atoms with Crippen LogP contribution in [0.15, 0.2) is 11.4 Å². The molecule has 0 saturated carbocycles. The number of hydrogen-bond acceptors (Lipinski definition) is 4. The lowest BCUT2D eigenvalue weighted by Gasteiger charge is -2.02. The van der Waals surface area contributed by atoms with Gasteiger partial charge in [-0.1, -0.05) is 18.7 Å². The molecule has 4 nitrogen and oxygen atoms in total. The second kappa shape index (κ2) is 4.18. The predicted molar refractivity (Wildman–Crippen MR) is 61.3 cm³/mol. The van der Waals surface area contributed by atoms with E-state index in [2.05, 4.69) is 26.5 Å². The number of thioether (sulfide) groups is 1. The fourth-order valence-corrected chi connectivity index (χ4v) is 2.18. The molecule has 0 saturated heterocycles. The molecule has 0 fully saturated rings. The molecular formula is C10H14N4S.